The van der Waals surface area contributed by atoms with E-state index in [9.17, 15) is 9.59 Å². The Morgan fingerprint density at radius 1 is 1.29 bits per heavy atom. The molecule has 1 heterocycles. The minimum atomic E-state index is -0.388. The maximum Gasteiger partial charge on any atom is 0.277 e. The molecule has 1 aromatic heterocycles. The molecule has 0 aliphatic heterocycles. The Morgan fingerprint density at radius 3 is 2.62 bits per heavy atom. The van der Waals surface area contributed by atoms with Crippen molar-refractivity contribution in [3.8, 4) is 17.0 Å². The van der Waals surface area contributed by atoms with Crippen LogP contribution < -0.4 is 10.3 Å². The summed E-state index contributed by atoms with van der Waals surface area (Å²) in [5.74, 6) is 0.455. The lowest BCUT2D eigenvalue weighted by Crippen LogP contribution is -2.25. The van der Waals surface area contributed by atoms with Gasteiger partial charge in [0, 0.05) is 12.6 Å². The van der Waals surface area contributed by atoms with Gasteiger partial charge < -0.3 is 4.74 Å². The van der Waals surface area contributed by atoms with Crippen molar-refractivity contribution in [3.05, 3.63) is 46.2 Å². The Bertz CT molecular complexity index is 733. The summed E-state index contributed by atoms with van der Waals surface area (Å²) in [4.78, 5) is 23.4. The van der Waals surface area contributed by atoms with E-state index in [4.69, 9.17) is 4.74 Å². The Kier molecular flexibility index (Phi) is 4.21. The van der Waals surface area contributed by atoms with Gasteiger partial charge in [-0.3, -0.25) is 9.59 Å². The first kappa shape index (κ1) is 15.0. The van der Waals surface area contributed by atoms with E-state index in [0.717, 1.165) is 11.3 Å². The van der Waals surface area contributed by atoms with Crippen LogP contribution in [0.3, 0.4) is 0 Å². The van der Waals surface area contributed by atoms with Crippen LogP contribution >= 0.6 is 0 Å². The van der Waals surface area contributed by atoms with Crippen molar-refractivity contribution >= 4 is 5.78 Å². The fourth-order valence-corrected chi connectivity index (χ4v) is 2.00. The highest BCUT2D eigenvalue weighted by atomic mass is 16.5. The van der Waals surface area contributed by atoms with Crippen LogP contribution in [0.15, 0.2) is 35.1 Å². The van der Waals surface area contributed by atoms with Gasteiger partial charge in [-0.1, -0.05) is 12.1 Å². The number of ether oxygens (including phenoxy) is 1. The number of ketones is 1. The van der Waals surface area contributed by atoms with Crippen molar-refractivity contribution in [2.45, 2.75) is 26.9 Å². The van der Waals surface area contributed by atoms with E-state index in [1.165, 1.54) is 24.7 Å². The molecule has 2 aromatic rings. The second kappa shape index (κ2) is 5.91. The van der Waals surface area contributed by atoms with Gasteiger partial charge in [-0.05, 0) is 39.0 Å². The summed E-state index contributed by atoms with van der Waals surface area (Å²) >= 11 is 0. The fraction of sp³-hybridized carbons (Fsp3) is 0.312. The molecule has 5 nitrogen and oxygen atoms in total. The molecule has 0 saturated carbocycles. The van der Waals surface area contributed by atoms with Gasteiger partial charge in [-0.2, -0.15) is 5.10 Å². The first-order chi connectivity index (χ1) is 9.88. The second-order valence-corrected chi connectivity index (χ2v) is 5.12. The number of benzene rings is 1. The summed E-state index contributed by atoms with van der Waals surface area (Å²) in [6.45, 7) is 5.27. The van der Waals surface area contributed by atoms with E-state index in [-0.39, 0.29) is 23.0 Å². The van der Waals surface area contributed by atoms with Crippen LogP contribution in [0.5, 0.6) is 5.75 Å². The molecule has 0 saturated heterocycles. The van der Waals surface area contributed by atoms with Gasteiger partial charge in [0.2, 0.25) is 0 Å². The van der Waals surface area contributed by atoms with Crippen molar-refractivity contribution in [2.24, 2.45) is 7.05 Å². The standard InChI is InChI=1S/C16H18N2O3/c1-10(2)21-13-7-5-6-12(8-13)15-9-14(11(3)19)16(20)18(4)17-15/h5-10H,1-4H3. The highest BCUT2D eigenvalue weighted by Crippen LogP contribution is 2.23. The summed E-state index contributed by atoms with van der Waals surface area (Å²) in [6, 6.07) is 8.95. The van der Waals surface area contributed by atoms with Gasteiger partial charge in [0.1, 0.15) is 5.75 Å². The monoisotopic (exact) mass is 286 g/mol. The molecule has 0 N–H and O–H groups in total. The van der Waals surface area contributed by atoms with E-state index in [2.05, 4.69) is 5.10 Å². The number of aromatic nitrogens is 2. The molecule has 0 fully saturated rings. The largest absolute Gasteiger partial charge is 0.491 e. The minimum absolute atomic E-state index is 0.0705. The quantitative estimate of drug-likeness (QED) is 0.810. The van der Waals surface area contributed by atoms with Crippen molar-refractivity contribution < 1.29 is 9.53 Å². The average Bonchev–Trinajstić information content (AvgIpc) is 2.41. The number of Topliss-reactive ketones (excluding diaryl/α,β-unsaturated/α-hetero) is 1. The predicted octanol–water partition coefficient (Wildman–Crippen LogP) is 2.44. The van der Waals surface area contributed by atoms with Crippen LogP contribution in [0, 0.1) is 0 Å². The summed E-state index contributed by atoms with van der Waals surface area (Å²) in [5, 5.41) is 4.20. The maximum absolute atomic E-state index is 11.9. The smallest absolute Gasteiger partial charge is 0.277 e. The zero-order chi connectivity index (χ0) is 15.6. The Hall–Kier alpha value is -2.43. The Balaban J connectivity index is 2.52. The van der Waals surface area contributed by atoms with E-state index in [0.29, 0.717) is 5.69 Å². The highest BCUT2D eigenvalue weighted by Gasteiger charge is 2.12. The van der Waals surface area contributed by atoms with Crippen molar-refractivity contribution in [3.63, 3.8) is 0 Å². The molecule has 110 valence electrons. The molecule has 0 unspecified atom stereocenters. The zero-order valence-corrected chi connectivity index (χ0v) is 12.6. The molecule has 5 heteroatoms. The number of nitrogens with zero attached hydrogens (tertiary/aromatic N) is 2. The molecule has 0 atom stereocenters. The summed E-state index contributed by atoms with van der Waals surface area (Å²) in [7, 11) is 1.53. The Morgan fingerprint density at radius 2 is 2.00 bits per heavy atom. The molecule has 0 aliphatic rings. The number of rotatable bonds is 4. The number of hydrogen-bond acceptors (Lipinski definition) is 4. The van der Waals surface area contributed by atoms with Crippen LogP contribution in [-0.2, 0) is 7.05 Å². The van der Waals surface area contributed by atoms with E-state index >= 15 is 0 Å². The normalized spacial score (nSPS) is 10.7. The third-order valence-electron chi connectivity index (χ3n) is 2.94. The first-order valence-corrected chi connectivity index (χ1v) is 6.75. The third-order valence-corrected chi connectivity index (χ3v) is 2.94. The van der Waals surface area contributed by atoms with Crippen molar-refractivity contribution in [1.82, 2.24) is 9.78 Å². The zero-order valence-electron chi connectivity index (χ0n) is 12.6. The lowest BCUT2D eigenvalue weighted by atomic mass is 10.1. The van der Waals surface area contributed by atoms with Crippen molar-refractivity contribution in [2.75, 3.05) is 0 Å². The van der Waals surface area contributed by atoms with Crippen LogP contribution in [0.4, 0.5) is 0 Å². The van der Waals surface area contributed by atoms with E-state index < -0.39 is 0 Å². The second-order valence-electron chi connectivity index (χ2n) is 5.12. The molecule has 0 bridgehead atoms. The van der Waals surface area contributed by atoms with Crippen molar-refractivity contribution in [1.29, 1.82) is 0 Å². The molecule has 0 spiro atoms. The SMILES string of the molecule is CC(=O)c1cc(-c2cccc(OC(C)C)c2)nn(C)c1=O. The Labute approximate surface area is 123 Å². The maximum atomic E-state index is 11.9. The van der Waals surface area contributed by atoms with Crippen LogP contribution in [0.1, 0.15) is 31.1 Å². The van der Waals surface area contributed by atoms with Gasteiger partial charge in [0.15, 0.2) is 5.78 Å². The van der Waals surface area contributed by atoms with Gasteiger partial charge in [0.25, 0.3) is 5.56 Å². The molecule has 2 rings (SSSR count). The molecular formula is C16H18N2O3. The molecule has 21 heavy (non-hydrogen) atoms. The first-order valence-electron chi connectivity index (χ1n) is 6.75. The average molecular weight is 286 g/mol. The van der Waals surface area contributed by atoms with Gasteiger partial charge in [-0.15, -0.1) is 0 Å². The van der Waals surface area contributed by atoms with E-state index in [1.54, 1.807) is 0 Å². The summed E-state index contributed by atoms with van der Waals surface area (Å²) in [5.41, 5.74) is 1.11. The number of hydrogen-bond donors (Lipinski definition) is 0. The number of carbonyl (C=O) groups excluding carboxylic acids is 1. The van der Waals surface area contributed by atoms with Gasteiger partial charge in [-0.25, -0.2) is 4.68 Å². The topological polar surface area (TPSA) is 61.2 Å². The predicted molar refractivity (Wildman–Crippen MR) is 80.7 cm³/mol. The third kappa shape index (κ3) is 3.37. The lowest BCUT2D eigenvalue weighted by Gasteiger charge is -2.11. The fourth-order valence-electron chi connectivity index (χ4n) is 2.00. The molecule has 0 amide bonds. The highest BCUT2D eigenvalue weighted by molar-refractivity contribution is 5.94. The summed E-state index contributed by atoms with van der Waals surface area (Å²) < 4.78 is 6.83. The summed E-state index contributed by atoms with van der Waals surface area (Å²) in [6.07, 6.45) is 0.0705. The molecular weight excluding hydrogens is 268 g/mol. The molecule has 1 aromatic carbocycles. The van der Waals surface area contributed by atoms with E-state index in [1.807, 2.05) is 38.1 Å². The van der Waals surface area contributed by atoms with Crippen LogP contribution in [-0.4, -0.2) is 21.7 Å². The number of carbonyl (C=O) groups is 1. The van der Waals surface area contributed by atoms with Gasteiger partial charge in [0.05, 0.1) is 17.4 Å². The van der Waals surface area contributed by atoms with Crippen LogP contribution in [0.2, 0.25) is 0 Å². The molecule has 0 aliphatic carbocycles. The molecule has 0 radical (unpaired) electrons. The lowest BCUT2D eigenvalue weighted by molar-refractivity contribution is 0.101. The van der Waals surface area contributed by atoms with Gasteiger partial charge >= 0.3 is 0 Å². The minimum Gasteiger partial charge on any atom is -0.491 e. The van der Waals surface area contributed by atoms with Crippen LogP contribution in [0.25, 0.3) is 11.3 Å². The number of aryl methyl sites for hydroxylation is 1.